The highest BCUT2D eigenvalue weighted by Crippen LogP contribution is 2.36. The van der Waals surface area contributed by atoms with Crippen LogP contribution in [-0.2, 0) is 19.1 Å². The van der Waals surface area contributed by atoms with Crippen LogP contribution in [0.5, 0.6) is 11.5 Å². The summed E-state index contributed by atoms with van der Waals surface area (Å²) in [7, 11) is 0. The van der Waals surface area contributed by atoms with Crippen molar-refractivity contribution in [3.05, 3.63) is 48.5 Å². The van der Waals surface area contributed by atoms with Gasteiger partial charge in [-0.1, -0.05) is 24.3 Å². The lowest BCUT2D eigenvalue weighted by Crippen LogP contribution is -2.59. The van der Waals surface area contributed by atoms with Crippen LogP contribution in [0.3, 0.4) is 0 Å². The molecule has 1 aliphatic heterocycles. The number of hydrogen-bond donors (Lipinski definition) is 1. The van der Waals surface area contributed by atoms with Crippen LogP contribution in [0.4, 0.5) is 11.4 Å². The molecule has 1 aliphatic rings. The smallest absolute Gasteiger partial charge is 0.344 e. The van der Waals surface area contributed by atoms with Gasteiger partial charge in [-0.2, -0.15) is 0 Å². The van der Waals surface area contributed by atoms with E-state index >= 15 is 0 Å². The molecule has 0 bridgehead atoms. The summed E-state index contributed by atoms with van der Waals surface area (Å²) < 4.78 is 16.0. The first-order valence-electron chi connectivity index (χ1n) is 9.58. The van der Waals surface area contributed by atoms with Gasteiger partial charge in [0.2, 0.25) is 5.91 Å². The highest BCUT2D eigenvalue weighted by atomic mass is 16.6. The van der Waals surface area contributed by atoms with Crippen molar-refractivity contribution in [3.8, 4) is 11.5 Å². The van der Waals surface area contributed by atoms with Crippen LogP contribution < -0.4 is 19.7 Å². The van der Waals surface area contributed by atoms with Gasteiger partial charge in [0, 0.05) is 0 Å². The number of carbonyl (C=O) groups excluding carboxylic acids is 3. The molecule has 0 spiro atoms. The highest BCUT2D eigenvalue weighted by molar-refractivity contribution is 6.14. The quantitative estimate of drug-likeness (QED) is 0.703. The molecule has 1 heterocycles. The highest BCUT2D eigenvalue weighted by Gasteiger charge is 2.43. The summed E-state index contributed by atoms with van der Waals surface area (Å²) in [6.45, 7) is 4.67. The van der Waals surface area contributed by atoms with Gasteiger partial charge in [-0.05, 0) is 45.0 Å². The van der Waals surface area contributed by atoms with E-state index < -0.39 is 24.0 Å². The van der Waals surface area contributed by atoms with Crippen molar-refractivity contribution in [3.63, 3.8) is 0 Å². The van der Waals surface area contributed by atoms with Crippen molar-refractivity contribution in [1.29, 1.82) is 0 Å². The van der Waals surface area contributed by atoms with Crippen molar-refractivity contribution in [2.75, 3.05) is 30.0 Å². The first-order chi connectivity index (χ1) is 14.3. The molecule has 0 radical (unpaired) electrons. The molecule has 2 aromatic carbocycles. The monoisotopic (exact) mass is 412 g/mol. The van der Waals surface area contributed by atoms with Crippen molar-refractivity contribution in [1.82, 2.24) is 0 Å². The zero-order valence-corrected chi connectivity index (χ0v) is 17.1. The standard InChI is InChI=1S/C22H24N2O6/c1-4-28-17-11-7-8-12-18(17)29-14-20(26)30-13-19(25)24-16-10-6-5-9-15(16)23-21(27)22(24,2)3/h5-12H,4,13-14H2,1-3H3,(H,23,27). The fraction of sp³-hybridized carbons (Fsp3) is 0.318. The largest absolute Gasteiger partial charge is 0.490 e. The Morgan fingerprint density at radius 3 is 2.30 bits per heavy atom. The molecule has 0 unspecified atom stereocenters. The van der Waals surface area contributed by atoms with Gasteiger partial charge in [0.25, 0.3) is 5.91 Å². The molecule has 0 aromatic heterocycles. The lowest BCUT2D eigenvalue weighted by atomic mass is 9.96. The van der Waals surface area contributed by atoms with Crippen LogP contribution in [0, 0.1) is 0 Å². The number of benzene rings is 2. The van der Waals surface area contributed by atoms with E-state index in [4.69, 9.17) is 14.2 Å². The molecule has 2 amide bonds. The Labute approximate surface area is 174 Å². The van der Waals surface area contributed by atoms with Gasteiger partial charge in [-0.25, -0.2) is 4.79 Å². The molecular weight excluding hydrogens is 388 g/mol. The van der Waals surface area contributed by atoms with Gasteiger partial charge >= 0.3 is 5.97 Å². The number of hydrogen-bond acceptors (Lipinski definition) is 6. The predicted octanol–water partition coefficient (Wildman–Crippen LogP) is 2.77. The van der Waals surface area contributed by atoms with Crippen LogP contribution in [-0.4, -0.2) is 43.1 Å². The predicted molar refractivity (Wildman–Crippen MR) is 111 cm³/mol. The molecule has 0 fully saturated rings. The van der Waals surface area contributed by atoms with E-state index in [0.717, 1.165) is 0 Å². The van der Waals surface area contributed by atoms with Gasteiger partial charge in [0.05, 0.1) is 18.0 Å². The average molecular weight is 412 g/mol. The number of nitrogens with zero attached hydrogens (tertiary/aromatic N) is 1. The maximum atomic E-state index is 12.8. The number of nitrogens with one attached hydrogen (secondary N) is 1. The number of rotatable bonds is 7. The zero-order valence-electron chi connectivity index (χ0n) is 17.1. The molecule has 0 saturated carbocycles. The lowest BCUT2D eigenvalue weighted by molar-refractivity contribution is -0.150. The Bertz CT molecular complexity index is 956. The third-order valence-electron chi connectivity index (χ3n) is 4.61. The minimum atomic E-state index is -1.13. The number of fused-ring (bicyclic) bond motifs is 1. The van der Waals surface area contributed by atoms with Gasteiger partial charge < -0.3 is 19.5 Å². The van der Waals surface area contributed by atoms with Crippen molar-refractivity contribution in [2.45, 2.75) is 26.3 Å². The third-order valence-corrected chi connectivity index (χ3v) is 4.61. The zero-order chi connectivity index (χ0) is 21.7. The fourth-order valence-electron chi connectivity index (χ4n) is 3.13. The average Bonchev–Trinajstić information content (AvgIpc) is 2.72. The minimum absolute atomic E-state index is 0.322. The normalized spacial score (nSPS) is 14.4. The molecular formula is C22H24N2O6. The molecule has 0 saturated heterocycles. The number of para-hydroxylation sites is 4. The summed E-state index contributed by atoms with van der Waals surface area (Å²) in [6.07, 6.45) is 0. The maximum Gasteiger partial charge on any atom is 0.344 e. The Hall–Kier alpha value is -3.55. The Morgan fingerprint density at radius 1 is 0.967 bits per heavy atom. The molecule has 1 N–H and O–H groups in total. The van der Waals surface area contributed by atoms with Crippen LogP contribution in [0.15, 0.2) is 48.5 Å². The second-order valence-corrected chi connectivity index (χ2v) is 7.09. The number of carbonyl (C=O) groups is 3. The van der Waals surface area contributed by atoms with Crippen molar-refractivity contribution in [2.24, 2.45) is 0 Å². The summed E-state index contributed by atoms with van der Waals surface area (Å²) in [5.41, 5.74) is -0.0625. The SMILES string of the molecule is CCOc1ccccc1OCC(=O)OCC(=O)N1c2ccccc2NC(=O)C1(C)C. The van der Waals surface area contributed by atoms with E-state index in [1.54, 1.807) is 62.4 Å². The second kappa shape index (κ2) is 8.86. The molecule has 158 valence electrons. The molecule has 8 heteroatoms. The van der Waals surface area contributed by atoms with E-state index in [1.165, 1.54) is 4.90 Å². The van der Waals surface area contributed by atoms with E-state index in [9.17, 15) is 14.4 Å². The Morgan fingerprint density at radius 2 is 1.60 bits per heavy atom. The van der Waals surface area contributed by atoms with Crippen LogP contribution >= 0.6 is 0 Å². The van der Waals surface area contributed by atoms with E-state index in [0.29, 0.717) is 29.5 Å². The van der Waals surface area contributed by atoms with Crippen LogP contribution in [0.2, 0.25) is 0 Å². The lowest BCUT2D eigenvalue weighted by Gasteiger charge is -2.41. The van der Waals surface area contributed by atoms with Gasteiger partial charge in [0.15, 0.2) is 24.7 Å². The number of esters is 1. The summed E-state index contributed by atoms with van der Waals surface area (Å²) in [4.78, 5) is 38.7. The van der Waals surface area contributed by atoms with E-state index in [2.05, 4.69) is 5.32 Å². The number of ether oxygens (including phenoxy) is 3. The molecule has 3 rings (SSSR count). The molecule has 0 atom stereocenters. The van der Waals surface area contributed by atoms with Crippen LogP contribution in [0.1, 0.15) is 20.8 Å². The van der Waals surface area contributed by atoms with Crippen LogP contribution in [0.25, 0.3) is 0 Å². The molecule has 8 nitrogen and oxygen atoms in total. The van der Waals surface area contributed by atoms with Gasteiger partial charge in [-0.3, -0.25) is 14.5 Å². The Balaban J connectivity index is 1.63. The van der Waals surface area contributed by atoms with Gasteiger partial charge in [0.1, 0.15) is 5.54 Å². The van der Waals surface area contributed by atoms with Gasteiger partial charge in [-0.15, -0.1) is 0 Å². The number of amides is 2. The summed E-state index contributed by atoms with van der Waals surface area (Å²) in [6, 6.07) is 13.9. The molecule has 0 aliphatic carbocycles. The third kappa shape index (κ3) is 4.37. The summed E-state index contributed by atoms with van der Waals surface area (Å²) >= 11 is 0. The maximum absolute atomic E-state index is 12.8. The minimum Gasteiger partial charge on any atom is -0.490 e. The summed E-state index contributed by atoms with van der Waals surface area (Å²) in [5, 5.41) is 2.78. The van der Waals surface area contributed by atoms with Crippen molar-refractivity contribution >= 4 is 29.2 Å². The van der Waals surface area contributed by atoms with Crippen molar-refractivity contribution < 1.29 is 28.6 Å². The first kappa shape index (κ1) is 21.2. The second-order valence-electron chi connectivity index (χ2n) is 7.09. The topological polar surface area (TPSA) is 94.2 Å². The first-order valence-corrected chi connectivity index (χ1v) is 9.58. The fourth-order valence-corrected chi connectivity index (χ4v) is 3.13. The molecule has 30 heavy (non-hydrogen) atoms. The molecule has 2 aromatic rings. The van der Waals surface area contributed by atoms with E-state index in [1.807, 2.05) is 6.92 Å². The summed E-state index contributed by atoms with van der Waals surface area (Å²) in [5.74, 6) is -0.615. The Kier molecular flexibility index (Phi) is 6.25. The number of anilines is 2. The van der Waals surface area contributed by atoms with E-state index in [-0.39, 0.29) is 12.5 Å².